The second kappa shape index (κ2) is 7.97. The lowest BCUT2D eigenvalue weighted by atomic mass is 10.0. The molecule has 0 saturated heterocycles. The number of halogens is 1. The van der Waals surface area contributed by atoms with Crippen LogP contribution in [0.5, 0.6) is 5.75 Å². The molecule has 0 amide bonds. The van der Waals surface area contributed by atoms with Crippen molar-refractivity contribution in [3.05, 3.63) is 63.7 Å². The molecule has 0 N–H and O–H groups in total. The lowest BCUT2D eigenvalue weighted by Crippen LogP contribution is -2.19. The highest BCUT2D eigenvalue weighted by Gasteiger charge is 2.11. The molecule has 0 atom stereocenters. The zero-order valence-corrected chi connectivity index (χ0v) is 14.6. The minimum Gasteiger partial charge on any atom is -0.482 e. The van der Waals surface area contributed by atoms with E-state index in [0.29, 0.717) is 16.3 Å². The summed E-state index contributed by atoms with van der Waals surface area (Å²) in [7, 11) is 0. The Morgan fingerprint density at radius 3 is 2.33 bits per heavy atom. The number of hydrogen-bond donors (Lipinski definition) is 0. The van der Waals surface area contributed by atoms with Crippen LogP contribution in [0.3, 0.4) is 0 Å². The molecule has 126 valence electrons. The lowest BCUT2D eigenvalue weighted by molar-refractivity contribution is -0.144. The number of benzene rings is 2. The number of rotatable bonds is 6. The summed E-state index contributed by atoms with van der Waals surface area (Å²) in [5.74, 6) is -0.317. The molecule has 2 aromatic rings. The lowest BCUT2D eigenvalue weighted by Gasteiger charge is -2.08. The summed E-state index contributed by atoms with van der Waals surface area (Å²) in [5, 5.41) is 0.629. The predicted octanol–water partition coefficient (Wildman–Crippen LogP) is 4.07. The minimum atomic E-state index is -0.597. The molecule has 2 aromatic carbocycles. The van der Waals surface area contributed by atoms with E-state index in [1.54, 1.807) is 30.3 Å². The highest BCUT2D eigenvalue weighted by Crippen LogP contribution is 2.21. The third kappa shape index (κ3) is 4.83. The number of carbonyl (C=O) groups is 2. The van der Waals surface area contributed by atoms with Crippen LogP contribution in [0, 0.1) is 20.8 Å². The maximum Gasteiger partial charge on any atom is 0.344 e. The zero-order chi connectivity index (χ0) is 17.7. The molecule has 24 heavy (non-hydrogen) atoms. The van der Waals surface area contributed by atoms with Gasteiger partial charge in [0.1, 0.15) is 5.75 Å². The molecule has 5 heteroatoms. The molecular formula is C19H19ClO4. The molecule has 0 radical (unpaired) electrons. The van der Waals surface area contributed by atoms with Crippen molar-refractivity contribution in [1.82, 2.24) is 0 Å². The van der Waals surface area contributed by atoms with Crippen LogP contribution in [-0.2, 0) is 9.53 Å². The molecule has 0 spiro atoms. The zero-order valence-electron chi connectivity index (χ0n) is 13.9. The quantitative estimate of drug-likeness (QED) is 0.584. The second-order valence-electron chi connectivity index (χ2n) is 5.58. The fraction of sp³-hybridized carbons (Fsp3) is 0.263. The van der Waals surface area contributed by atoms with Gasteiger partial charge in [0, 0.05) is 10.6 Å². The maximum atomic E-state index is 12.0. The van der Waals surface area contributed by atoms with Crippen LogP contribution in [0.25, 0.3) is 0 Å². The molecule has 4 nitrogen and oxygen atoms in total. The number of aryl methyl sites for hydroxylation is 3. The standard InChI is InChI=1S/C19H19ClO4/c1-12-4-5-15(8-13(12)2)18(21)10-24-19(22)11-23-16-6-7-17(20)14(3)9-16/h4-9H,10-11H2,1-3H3. The Morgan fingerprint density at radius 2 is 1.67 bits per heavy atom. The van der Waals surface area contributed by atoms with Crippen molar-refractivity contribution < 1.29 is 19.1 Å². The van der Waals surface area contributed by atoms with E-state index in [-0.39, 0.29) is 19.0 Å². The van der Waals surface area contributed by atoms with Crippen molar-refractivity contribution >= 4 is 23.4 Å². The summed E-state index contributed by atoms with van der Waals surface area (Å²) in [6.45, 7) is 5.18. The summed E-state index contributed by atoms with van der Waals surface area (Å²) >= 11 is 5.92. The van der Waals surface area contributed by atoms with Gasteiger partial charge in [0.15, 0.2) is 19.0 Å². The van der Waals surface area contributed by atoms with Gasteiger partial charge in [-0.25, -0.2) is 4.79 Å². The molecule has 0 aliphatic heterocycles. The van der Waals surface area contributed by atoms with Gasteiger partial charge in [0.05, 0.1) is 0 Å². The molecule has 0 aliphatic rings. The third-order valence-electron chi connectivity index (χ3n) is 3.68. The van der Waals surface area contributed by atoms with Gasteiger partial charge in [0.2, 0.25) is 0 Å². The smallest absolute Gasteiger partial charge is 0.344 e. The van der Waals surface area contributed by atoms with Crippen LogP contribution in [0.2, 0.25) is 5.02 Å². The van der Waals surface area contributed by atoms with Gasteiger partial charge in [-0.05, 0) is 61.7 Å². The minimum absolute atomic E-state index is 0.242. The number of hydrogen-bond acceptors (Lipinski definition) is 4. The van der Waals surface area contributed by atoms with Crippen LogP contribution in [0.15, 0.2) is 36.4 Å². The van der Waals surface area contributed by atoms with Gasteiger partial charge in [-0.3, -0.25) is 4.79 Å². The Kier molecular flexibility index (Phi) is 5.99. The van der Waals surface area contributed by atoms with Crippen molar-refractivity contribution in [3.8, 4) is 5.75 Å². The van der Waals surface area contributed by atoms with Crippen LogP contribution in [0.4, 0.5) is 0 Å². The summed E-state index contributed by atoms with van der Waals surface area (Å²) in [6, 6.07) is 10.5. The number of carbonyl (C=O) groups excluding carboxylic acids is 2. The summed E-state index contributed by atoms with van der Waals surface area (Å²) in [5.41, 5.74) is 3.51. The molecule has 0 bridgehead atoms. The molecule has 0 aromatic heterocycles. The van der Waals surface area contributed by atoms with E-state index in [2.05, 4.69) is 0 Å². The first-order valence-corrected chi connectivity index (χ1v) is 7.89. The summed E-state index contributed by atoms with van der Waals surface area (Å²) in [6.07, 6.45) is 0. The predicted molar refractivity (Wildman–Crippen MR) is 92.9 cm³/mol. The SMILES string of the molecule is Cc1ccc(C(=O)COC(=O)COc2ccc(Cl)c(C)c2)cc1C. The van der Waals surface area contributed by atoms with Crippen LogP contribution in [-0.4, -0.2) is 25.0 Å². The van der Waals surface area contributed by atoms with Gasteiger partial charge in [-0.15, -0.1) is 0 Å². The van der Waals surface area contributed by atoms with Crippen LogP contribution in [0.1, 0.15) is 27.0 Å². The van der Waals surface area contributed by atoms with E-state index in [1.807, 2.05) is 26.8 Å². The Balaban J connectivity index is 1.83. The van der Waals surface area contributed by atoms with Crippen LogP contribution >= 0.6 is 11.6 Å². The van der Waals surface area contributed by atoms with Gasteiger partial charge in [0.25, 0.3) is 0 Å². The number of Topliss-reactive ketones (excluding diaryl/α,β-unsaturated/α-hetero) is 1. The van der Waals surface area contributed by atoms with E-state index < -0.39 is 5.97 Å². The molecule has 2 rings (SSSR count). The summed E-state index contributed by atoms with van der Waals surface area (Å²) in [4.78, 5) is 23.7. The number of esters is 1. The van der Waals surface area contributed by atoms with E-state index in [9.17, 15) is 9.59 Å². The average Bonchev–Trinajstić information content (AvgIpc) is 2.56. The molecule has 0 fully saturated rings. The number of ether oxygens (including phenoxy) is 2. The summed E-state index contributed by atoms with van der Waals surface area (Å²) < 4.78 is 10.3. The van der Waals surface area contributed by atoms with Gasteiger partial charge >= 0.3 is 5.97 Å². The van der Waals surface area contributed by atoms with Crippen molar-refractivity contribution in [2.24, 2.45) is 0 Å². The van der Waals surface area contributed by atoms with Gasteiger partial charge in [-0.1, -0.05) is 23.7 Å². The fourth-order valence-electron chi connectivity index (χ4n) is 2.04. The molecule has 0 unspecified atom stereocenters. The topological polar surface area (TPSA) is 52.6 Å². The fourth-order valence-corrected chi connectivity index (χ4v) is 2.15. The molecule has 0 saturated carbocycles. The normalized spacial score (nSPS) is 10.3. The van der Waals surface area contributed by atoms with E-state index in [0.717, 1.165) is 16.7 Å². The van der Waals surface area contributed by atoms with Gasteiger partial charge < -0.3 is 9.47 Å². The number of ketones is 1. The monoisotopic (exact) mass is 346 g/mol. The average molecular weight is 347 g/mol. The molecule has 0 heterocycles. The second-order valence-corrected chi connectivity index (χ2v) is 5.99. The third-order valence-corrected chi connectivity index (χ3v) is 4.10. The van der Waals surface area contributed by atoms with E-state index in [1.165, 1.54) is 0 Å². The van der Waals surface area contributed by atoms with Crippen LogP contribution < -0.4 is 4.74 Å². The first-order valence-electron chi connectivity index (χ1n) is 7.52. The highest BCUT2D eigenvalue weighted by atomic mass is 35.5. The van der Waals surface area contributed by atoms with E-state index >= 15 is 0 Å². The van der Waals surface area contributed by atoms with E-state index in [4.69, 9.17) is 21.1 Å². The van der Waals surface area contributed by atoms with Crippen molar-refractivity contribution in [2.75, 3.05) is 13.2 Å². The van der Waals surface area contributed by atoms with Crippen molar-refractivity contribution in [2.45, 2.75) is 20.8 Å². The highest BCUT2D eigenvalue weighted by molar-refractivity contribution is 6.31. The maximum absolute atomic E-state index is 12.0. The first-order chi connectivity index (χ1) is 11.4. The van der Waals surface area contributed by atoms with Crippen molar-refractivity contribution in [3.63, 3.8) is 0 Å². The van der Waals surface area contributed by atoms with Gasteiger partial charge in [-0.2, -0.15) is 0 Å². The Bertz CT molecular complexity index is 768. The van der Waals surface area contributed by atoms with Crippen molar-refractivity contribution in [1.29, 1.82) is 0 Å². The molecular weight excluding hydrogens is 328 g/mol. The Morgan fingerprint density at radius 1 is 0.917 bits per heavy atom. The largest absolute Gasteiger partial charge is 0.482 e. The Hall–Kier alpha value is -2.33. The Labute approximate surface area is 146 Å². The molecule has 0 aliphatic carbocycles. The first kappa shape index (κ1) is 18.0.